The molecule has 4 rings (SSSR count). The average Bonchev–Trinajstić information content (AvgIpc) is 3.16. The van der Waals surface area contributed by atoms with Gasteiger partial charge in [0.1, 0.15) is 10.8 Å². The summed E-state index contributed by atoms with van der Waals surface area (Å²) in [6.07, 6.45) is 6.01. The van der Waals surface area contributed by atoms with Crippen molar-refractivity contribution in [3.63, 3.8) is 0 Å². The first kappa shape index (κ1) is 15.1. The molecule has 2 bridgehead atoms. The van der Waals surface area contributed by atoms with Crippen molar-refractivity contribution >= 4 is 11.3 Å². The van der Waals surface area contributed by atoms with E-state index in [4.69, 9.17) is 4.74 Å². The van der Waals surface area contributed by atoms with E-state index in [-0.39, 0.29) is 0 Å². The summed E-state index contributed by atoms with van der Waals surface area (Å²) in [7, 11) is 1.70. The molecule has 2 saturated heterocycles. The van der Waals surface area contributed by atoms with E-state index in [0.717, 1.165) is 28.9 Å². The third-order valence-electron chi connectivity index (χ3n) is 4.86. The topological polar surface area (TPSA) is 37.4 Å². The van der Waals surface area contributed by atoms with Gasteiger partial charge in [0.2, 0.25) is 0 Å². The van der Waals surface area contributed by atoms with Gasteiger partial charge in [0, 0.05) is 48.4 Å². The van der Waals surface area contributed by atoms with E-state index in [1.54, 1.807) is 18.4 Å². The van der Waals surface area contributed by atoms with E-state index in [9.17, 15) is 0 Å². The second-order valence-electron chi connectivity index (χ2n) is 6.53. The first-order valence-corrected chi connectivity index (χ1v) is 9.19. The summed E-state index contributed by atoms with van der Waals surface area (Å²) >= 11 is 1.80. The summed E-state index contributed by atoms with van der Waals surface area (Å²) in [4.78, 5) is 8.55. The van der Waals surface area contributed by atoms with E-state index < -0.39 is 0 Å². The van der Waals surface area contributed by atoms with Gasteiger partial charge in [0.05, 0.1) is 7.11 Å². The Balaban J connectivity index is 1.45. The van der Waals surface area contributed by atoms with Gasteiger partial charge in [-0.1, -0.05) is 12.1 Å². The molecule has 1 aromatic carbocycles. The van der Waals surface area contributed by atoms with Gasteiger partial charge in [-0.15, -0.1) is 11.3 Å². The molecule has 0 radical (unpaired) electrons. The number of hydrogen-bond acceptors (Lipinski definition) is 5. The monoisotopic (exact) mass is 329 g/mol. The second-order valence-corrected chi connectivity index (χ2v) is 7.64. The third-order valence-corrected chi connectivity index (χ3v) is 5.89. The minimum Gasteiger partial charge on any atom is -0.497 e. The number of hydrogen-bond donors (Lipinski definition) is 1. The maximum atomic E-state index is 5.31. The normalized spacial score (nSPS) is 24.6. The number of rotatable bonds is 4. The van der Waals surface area contributed by atoms with Crippen molar-refractivity contribution in [3.05, 3.63) is 35.3 Å². The SMILES string of the molecule is COc1cccc(-c2ncc(CN3CC[C@H]4CC[C@@H](C3)N4)s2)c1. The van der Waals surface area contributed by atoms with E-state index in [2.05, 4.69) is 27.3 Å². The van der Waals surface area contributed by atoms with Gasteiger partial charge in [-0.05, 0) is 31.4 Å². The summed E-state index contributed by atoms with van der Waals surface area (Å²) < 4.78 is 5.31. The molecule has 2 aliphatic rings. The molecule has 2 atom stereocenters. The Kier molecular flexibility index (Phi) is 4.33. The van der Waals surface area contributed by atoms with Gasteiger partial charge in [0.25, 0.3) is 0 Å². The standard InChI is InChI=1S/C18H23N3OS/c1-22-16-4-2-3-13(9-16)18-19-10-17(23-18)12-21-8-7-14-5-6-15(11-21)20-14/h2-4,9-10,14-15,20H,5-8,11-12H2,1H3/t14-,15+/m1/s1. The number of aromatic nitrogens is 1. The lowest BCUT2D eigenvalue weighted by Crippen LogP contribution is -2.34. The fourth-order valence-corrected chi connectivity index (χ4v) is 4.60. The van der Waals surface area contributed by atoms with Crippen LogP contribution in [0, 0.1) is 0 Å². The lowest BCUT2D eigenvalue weighted by atomic mass is 10.1. The van der Waals surface area contributed by atoms with Crippen molar-refractivity contribution < 1.29 is 4.74 Å². The molecule has 2 aromatic rings. The highest BCUT2D eigenvalue weighted by molar-refractivity contribution is 7.15. The van der Waals surface area contributed by atoms with Crippen LogP contribution in [0.25, 0.3) is 10.6 Å². The minimum atomic E-state index is 0.688. The zero-order valence-electron chi connectivity index (χ0n) is 13.5. The van der Waals surface area contributed by atoms with Crippen LogP contribution in [0.15, 0.2) is 30.5 Å². The van der Waals surface area contributed by atoms with Crippen LogP contribution < -0.4 is 10.1 Å². The molecule has 3 heterocycles. The predicted octanol–water partition coefficient (Wildman–Crippen LogP) is 3.15. The van der Waals surface area contributed by atoms with Gasteiger partial charge < -0.3 is 10.1 Å². The van der Waals surface area contributed by atoms with Crippen LogP contribution in [-0.2, 0) is 6.54 Å². The maximum absolute atomic E-state index is 5.31. The number of nitrogens with one attached hydrogen (secondary N) is 1. The summed E-state index contributed by atoms with van der Waals surface area (Å²) in [5.41, 5.74) is 1.14. The molecule has 2 aliphatic heterocycles. The van der Waals surface area contributed by atoms with Crippen LogP contribution in [-0.4, -0.2) is 42.2 Å². The van der Waals surface area contributed by atoms with Crippen molar-refractivity contribution in [1.82, 2.24) is 15.2 Å². The van der Waals surface area contributed by atoms with E-state index in [1.165, 1.54) is 37.2 Å². The Morgan fingerprint density at radius 1 is 1.30 bits per heavy atom. The molecule has 0 spiro atoms. The van der Waals surface area contributed by atoms with E-state index >= 15 is 0 Å². The molecule has 0 saturated carbocycles. The number of likely N-dealkylation sites (tertiary alicyclic amines) is 1. The Bertz CT molecular complexity index is 672. The number of fused-ring (bicyclic) bond motifs is 2. The first-order valence-electron chi connectivity index (χ1n) is 8.38. The fraction of sp³-hybridized carbons (Fsp3) is 0.500. The summed E-state index contributed by atoms with van der Waals surface area (Å²) in [6.45, 7) is 3.38. The Morgan fingerprint density at radius 3 is 3.13 bits per heavy atom. The van der Waals surface area contributed by atoms with Gasteiger partial charge in [-0.3, -0.25) is 4.90 Å². The molecule has 0 unspecified atom stereocenters. The average molecular weight is 329 g/mol. The van der Waals surface area contributed by atoms with Crippen LogP contribution in [0.3, 0.4) is 0 Å². The second kappa shape index (κ2) is 6.59. The Hall–Kier alpha value is -1.43. The van der Waals surface area contributed by atoms with Crippen LogP contribution in [0.5, 0.6) is 5.75 Å². The largest absolute Gasteiger partial charge is 0.497 e. The Labute approximate surface area is 141 Å². The summed E-state index contributed by atoms with van der Waals surface area (Å²) in [5.74, 6) is 0.883. The van der Waals surface area contributed by atoms with Crippen molar-refractivity contribution in [2.24, 2.45) is 0 Å². The predicted molar refractivity (Wildman–Crippen MR) is 93.9 cm³/mol. The smallest absolute Gasteiger partial charge is 0.123 e. The molecule has 1 aromatic heterocycles. The molecule has 1 N–H and O–H groups in total. The fourth-order valence-electron chi connectivity index (χ4n) is 3.65. The number of ether oxygens (including phenoxy) is 1. The molecule has 23 heavy (non-hydrogen) atoms. The zero-order valence-corrected chi connectivity index (χ0v) is 14.3. The van der Waals surface area contributed by atoms with Gasteiger partial charge in [-0.25, -0.2) is 4.98 Å². The molecule has 4 nitrogen and oxygen atoms in total. The molecule has 2 fully saturated rings. The van der Waals surface area contributed by atoms with Crippen LogP contribution in [0.1, 0.15) is 24.1 Å². The molecule has 0 aliphatic carbocycles. The number of methoxy groups -OCH3 is 1. The summed E-state index contributed by atoms with van der Waals surface area (Å²) in [5, 5.41) is 4.82. The summed E-state index contributed by atoms with van der Waals surface area (Å²) in [6, 6.07) is 9.58. The van der Waals surface area contributed by atoms with E-state index in [0.29, 0.717) is 6.04 Å². The Morgan fingerprint density at radius 2 is 2.22 bits per heavy atom. The number of benzene rings is 1. The van der Waals surface area contributed by atoms with Crippen LogP contribution in [0.2, 0.25) is 0 Å². The molecule has 0 amide bonds. The van der Waals surface area contributed by atoms with Crippen LogP contribution in [0.4, 0.5) is 0 Å². The number of thiazole rings is 1. The van der Waals surface area contributed by atoms with E-state index in [1.807, 2.05) is 18.3 Å². The first-order chi connectivity index (χ1) is 11.3. The highest BCUT2D eigenvalue weighted by Gasteiger charge is 2.29. The minimum absolute atomic E-state index is 0.688. The van der Waals surface area contributed by atoms with Gasteiger partial charge in [0.15, 0.2) is 0 Å². The lowest BCUT2D eigenvalue weighted by molar-refractivity contribution is 0.253. The number of nitrogens with zero attached hydrogens (tertiary/aromatic N) is 2. The third kappa shape index (κ3) is 3.42. The maximum Gasteiger partial charge on any atom is 0.123 e. The molecular formula is C18H23N3OS. The van der Waals surface area contributed by atoms with Crippen molar-refractivity contribution in [3.8, 4) is 16.3 Å². The van der Waals surface area contributed by atoms with Crippen molar-refractivity contribution in [2.45, 2.75) is 37.9 Å². The highest BCUT2D eigenvalue weighted by Crippen LogP contribution is 2.29. The molecule has 5 heteroatoms. The highest BCUT2D eigenvalue weighted by atomic mass is 32.1. The molecule has 122 valence electrons. The van der Waals surface area contributed by atoms with Gasteiger partial charge >= 0.3 is 0 Å². The molecular weight excluding hydrogens is 306 g/mol. The van der Waals surface area contributed by atoms with Crippen molar-refractivity contribution in [1.29, 1.82) is 0 Å². The van der Waals surface area contributed by atoms with Crippen LogP contribution >= 0.6 is 11.3 Å². The quantitative estimate of drug-likeness (QED) is 0.935. The lowest BCUT2D eigenvalue weighted by Gasteiger charge is -2.22. The van der Waals surface area contributed by atoms with Gasteiger partial charge in [-0.2, -0.15) is 0 Å². The van der Waals surface area contributed by atoms with Crippen molar-refractivity contribution in [2.75, 3.05) is 20.2 Å². The zero-order chi connectivity index (χ0) is 15.6.